The first-order valence-corrected chi connectivity index (χ1v) is 13.1. The molecule has 178 valence electrons. The van der Waals surface area contributed by atoms with Crippen molar-refractivity contribution in [3.8, 4) is 5.75 Å². The standard InChI is InChI=1S/C30H28O4S.Na/c1-23-13-15-26(16-14-23)29(24-9-4-2-5-10-24)30(25-11-6-3-7-12-25)27-17-19-28(20-18-27)34-21-8-22-35(31,32)33;/h2-7,9-20H,8,21-22H2,1H3,(H,31,32,33);/q;+1/p-1/b30-29+;. The number of aryl methyl sites for hydroxylation is 1. The molecule has 0 aromatic heterocycles. The second-order valence-electron chi connectivity index (χ2n) is 8.34. The molecule has 0 heterocycles. The van der Waals surface area contributed by atoms with Crippen LogP contribution in [0.5, 0.6) is 5.75 Å². The first-order chi connectivity index (χ1) is 16.9. The summed E-state index contributed by atoms with van der Waals surface area (Å²) in [4.78, 5) is 0. The summed E-state index contributed by atoms with van der Waals surface area (Å²) < 4.78 is 38.1. The van der Waals surface area contributed by atoms with E-state index in [4.69, 9.17) is 4.74 Å². The molecule has 4 nitrogen and oxygen atoms in total. The average Bonchev–Trinajstić information content (AvgIpc) is 2.87. The largest absolute Gasteiger partial charge is 1.00 e. The summed E-state index contributed by atoms with van der Waals surface area (Å²) >= 11 is 0. The van der Waals surface area contributed by atoms with Gasteiger partial charge in [0, 0.05) is 5.75 Å². The molecule has 0 saturated carbocycles. The smallest absolute Gasteiger partial charge is 0.748 e. The Morgan fingerprint density at radius 2 is 1.08 bits per heavy atom. The van der Waals surface area contributed by atoms with E-state index in [0.717, 1.165) is 33.4 Å². The minimum atomic E-state index is -4.23. The average molecular weight is 507 g/mol. The third-order valence-corrected chi connectivity index (χ3v) is 6.45. The van der Waals surface area contributed by atoms with Crippen LogP contribution >= 0.6 is 0 Å². The predicted octanol–water partition coefficient (Wildman–Crippen LogP) is 3.32. The molecule has 0 atom stereocenters. The maximum Gasteiger partial charge on any atom is 1.00 e. The molecule has 4 aromatic rings. The van der Waals surface area contributed by atoms with Crippen LogP contribution in [-0.2, 0) is 10.1 Å². The maximum absolute atomic E-state index is 10.8. The summed E-state index contributed by atoms with van der Waals surface area (Å²) in [5, 5.41) is 0. The Bertz CT molecular complexity index is 1380. The molecule has 4 aromatic carbocycles. The molecule has 36 heavy (non-hydrogen) atoms. The Morgan fingerprint density at radius 3 is 1.53 bits per heavy atom. The monoisotopic (exact) mass is 506 g/mol. The van der Waals surface area contributed by atoms with E-state index in [9.17, 15) is 13.0 Å². The van der Waals surface area contributed by atoms with Crippen LogP contribution in [0.1, 0.15) is 34.2 Å². The van der Waals surface area contributed by atoms with Crippen molar-refractivity contribution in [3.05, 3.63) is 137 Å². The normalized spacial score (nSPS) is 11.8. The summed E-state index contributed by atoms with van der Waals surface area (Å²) in [6.45, 7) is 2.25. The first-order valence-electron chi connectivity index (χ1n) is 11.5. The van der Waals surface area contributed by atoms with E-state index in [-0.39, 0.29) is 42.6 Å². The zero-order chi connectivity index (χ0) is 24.7. The molecule has 0 bridgehead atoms. The van der Waals surface area contributed by atoms with E-state index in [1.807, 2.05) is 60.7 Å². The Hall–Kier alpha value is -2.67. The first kappa shape index (κ1) is 27.9. The fourth-order valence-corrected chi connectivity index (χ4v) is 4.46. The van der Waals surface area contributed by atoms with E-state index >= 15 is 0 Å². The van der Waals surface area contributed by atoms with E-state index in [1.54, 1.807) is 0 Å². The summed E-state index contributed by atoms with van der Waals surface area (Å²) in [5.74, 6) is 0.198. The van der Waals surface area contributed by atoms with Gasteiger partial charge in [-0.3, -0.25) is 0 Å². The molecule has 6 heteroatoms. The van der Waals surface area contributed by atoms with Gasteiger partial charge in [-0.15, -0.1) is 0 Å². The van der Waals surface area contributed by atoms with Gasteiger partial charge in [0.05, 0.1) is 16.7 Å². The summed E-state index contributed by atoms with van der Waals surface area (Å²) in [7, 11) is -4.23. The molecule has 4 rings (SSSR count). The molecular weight excluding hydrogens is 479 g/mol. The summed E-state index contributed by atoms with van der Waals surface area (Å²) in [6, 6.07) is 37.0. The number of rotatable bonds is 9. The molecule has 0 unspecified atom stereocenters. The molecule has 0 spiro atoms. The molecule has 0 aliphatic carbocycles. The molecule has 0 amide bonds. The van der Waals surface area contributed by atoms with Gasteiger partial charge in [0.1, 0.15) is 5.75 Å². The zero-order valence-electron chi connectivity index (χ0n) is 20.6. The molecular formula is C30H27NaO4S. The van der Waals surface area contributed by atoms with Crippen molar-refractivity contribution in [2.45, 2.75) is 13.3 Å². The Kier molecular flexibility index (Phi) is 10.1. The number of benzene rings is 4. The van der Waals surface area contributed by atoms with Crippen molar-refractivity contribution in [3.63, 3.8) is 0 Å². The van der Waals surface area contributed by atoms with Crippen LogP contribution in [0, 0.1) is 6.92 Å². The minimum Gasteiger partial charge on any atom is -0.748 e. The molecule has 0 aliphatic rings. The summed E-state index contributed by atoms with van der Waals surface area (Å²) in [5.41, 5.74) is 7.81. The second kappa shape index (κ2) is 13.0. The topological polar surface area (TPSA) is 66.4 Å². The van der Waals surface area contributed by atoms with E-state index in [0.29, 0.717) is 5.75 Å². The Balaban J connectivity index is 0.00000361. The molecule has 0 N–H and O–H groups in total. The van der Waals surface area contributed by atoms with Crippen LogP contribution in [-0.4, -0.2) is 25.3 Å². The second-order valence-corrected chi connectivity index (χ2v) is 9.86. The van der Waals surface area contributed by atoms with Crippen LogP contribution in [0.25, 0.3) is 11.1 Å². The minimum absolute atomic E-state index is 0. The summed E-state index contributed by atoms with van der Waals surface area (Å²) in [6.07, 6.45) is 0.161. The van der Waals surface area contributed by atoms with Gasteiger partial charge in [-0.05, 0) is 58.9 Å². The van der Waals surface area contributed by atoms with E-state index < -0.39 is 15.9 Å². The third kappa shape index (κ3) is 7.66. The van der Waals surface area contributed by atoms with Crippen molar-refractivity contribution >= 4 is 21.3 Å². The SMILES string of the molecule is Cc1ccc(/C(=C(\c2ccccc2)c2ccc(OCCCS(=O)(=O)[O-])cc2)c2ccccc2)cc1.[Na+]. The van der Waals surface area contributed by atoms with Gasteiger partial charge >= 0.3 is 29.6 Å². The Labute approximate surface area is 235 Å². The quantitative estimate of drug-likeness (QED) is 0.151. The van der Waals surface area contributed by atoms with Gasteiger partial charge in [-0.25, -0.2) is 8.42 Å². The molecule has 0 fully saturated rings. The van der Waals surface area contributed by atoms with Crippen molar-refractivity contribution in [1.82, 2.24) is 0 Å². The van der Waals surface area contributed by atoms with E-state index in [2.05, 4.69) is 55.5 Å². The number of ether oxygens (including phenoxy) is 1. The van der Waals surface area contributed by atoms with Gasteiger partial charge in [0.25, 0.3) is 0 Å². The van der Waals surface area contributed by atoms with Crippen LogP contribution < -0.4 is 34.3 Å². The maximum atomic E-state index is 10.8. The predicted molar refractivity (Wildman–Crippen MR) is 140 cm³/mol. The van der Waals surface area contributed by atoms with Gasteiger partial charge < -0.3 is 9.29 Å². The van der Waals surface area contributed by atoms with Gasteiger partial charge in [-0.2, -0.15) is 0 Å². The van der Waals surface area contributed by atoms with Crippen molar-refractivity contribution < 1.29 is 47.3 Å². The zero-order valence-corrected chi connectivity index (χ0v) is 23.4. The van der Waals surface area contributed by atoms with Crippen LogP contribution in [0.4, 0.5) is 0 Å². The van der Waals surface area contributed by atoms with Crippen LogP contribution in [0.15, 0.2) is 109 Å². The third-order valence-electron chi connectivity index (χ3n) is 5.67. The molecule has 0 saturated heterocycles. The van der Waals surface area contributed by atoms with E-state index in [1.165, 1.54) is 5.56 Å². The molecule has 0 aliphatic heterocycles. The fourth-order valence-electron chi connectivity index (χ4n) is 3.98. The van der Waals surface area contributed by atoms with Crippen molar-refractivity contribution in [2.75, 3.05) is 12.4 Å². The molecule has 0 radical (unpaired) electrons. The van der Waals surface area contributed by atoms with Gasteiger partial charge in [0.15, 0.2) is 0 Å². The number of hydrogen-bond donors (Lipinski definition) is 0. The Morgan fingerprint density at radius 1 is 0.667 bits per heavy atom. The van der Waals surface area contributed by atoms with Gasteiger partial charge in [-0.1, -0.05) is 103 Å². The number of hydrogen-bond acceptors (Lipinski definition) is 4. The van der Waals surface area contributed by atoms with Crippen molar-refractivity contribution in [1.29, 1.82) is 0 Å². The van der Waals surface area contributed by atoms with Gasteiger partial charge in [0.2, 0.25) is 0 Å². The van der Waals surface area contributed by atoms with Crippen molar-refractivity contribution in [2.24, 2.45) is 0 Å². The fraction of sp³-hybridized carbons (Fsp3) is 0.133. The van der Waals surface area contributed by atoms with Crippen LogP contribution in [0.3, 0.4) is 0 Å². The van der Waals surface area contributed by atoms with Crippen LogP contribution in [0.2, 0.25) is 0 Å².